The maximum atomic E-state index is 13.6. The van der Waals surface area contributed by atoms with Gasteiger partial charge in [-0.25, -0.2) is 4.39 Å². The summed E-state index contributed by atoms with van der Waals surface area (Å²) in [6, 6.07) is 5.78. The maximum absolute atomic E-state index is 13.6. The summed E-state index contributed by atoms with van der Waals surface area (Å²) in [4.78, 5) is 0. The van der Waals surface area contributed by atoms with Gasteiger partial charge in [0.1, 0.15) is 5.82 Å². The van der Waals surface area contributed by atoms with Gasteiger partial charge in [-0.1, -0.05) is 31.7 Å². The molecule has 1 aromatic rings. The van der Waals surface area contributed by atoms with Crippen molar-refractivity contribution >= 4 is 15.9 Å². The van der Waals surface area contributed by atoms with Crippen molar-refractivity contribution in [3.05, 3.63) is 34.1 Å². The molecular formula is C15H21BrFN. The summed E-state index contributed by atoms with van der Waals surface area (Å²) in [5, 5.41) is 3.38. The molecule has 0 aliphatic heterocycles. The van der Waals surface area contributed by atoms with E-state index in [0.717, 1.165) is 5.56 Å². The highest BCUT2D eigenvalue weighted by Gasteiger charge is 2.23. The van der Waals surface area contributed by atoms with Crippen LogP contribution in [0, 0.1) is 11.7 Å². The average Bonchev–Trinajstić information content (AvgIpc) is 2.64. The number of hydrogen-bond donors (Lipinski definition) is 1. The smallest absolute Gasteiger partial charge is 0.137 e. The van der Waals surface area contributed by atoms with E-state index < -0.39 is 0 Å². The molecule has 100 valence electrons. The SMILES string of the molecule is CNC(c1ccc(Br)c(F)c1)C1CCCCCC1. The minimum absolute atomic E-state index is 0.165. The molecule has 0 aromatic heterocycles. The molecule has 0 spiro atoms. The van der Waals surface area contributed by atoms with Crippen LogP contribution >= 0.6 is 15.9 Å². The van der Waals surface area contributed by atoms with Gasteiger partial charge in [-0.3, -0.25) is 0 Å². The molecule has 0 radical (unpaired) electrons. The number of nitrogens with one attached hydrogen (secondary N) is 1. The van der Waals surface area contributed by atoms with Gasteiger partial charge in [0.15, 0.2) is 0 Å². The first-order valence-corrected chi connectivity index (χ1v) is 7.64. The number of benzene rings is 1. The Morgan fingerprint density at radius 1 is 1.22 bits per heavy atom. The lowest BCUT2D eigenvalue weighted by Crippen LogP contribution is -2.25. The Balaban J connectivity index is 2.17. The summed E-state index contributed by atoms with van der Waals surface area (Å²) in [5.41, 5.74) is 1.07. The molecule has 1 unspecified atom stereocenters. The predicted molar refractivity (Wildman–Crippen MR) is 77.1 cm³/mol. The first-order chi connectivity index (χ1) is 8.72. The Morgan fingerprint density at radius 3 is 2.44 bits per heavy atom. The zero-order chi connectivity index (χ0) is 13.0. The van der Waals surface area contributed by atoms with E-state index in [2.05, 4.69) is 21.2 Å². The summed E-state index contributed by atoms with van der Waals surface area (Å²) in [6.07, 6.45) is 7.82. The number of rotatable bonds is 3. The molecule has 1 fully saturated rings. The van der Waals surface area contributed by atoms with Crippen LogP contribution in [-0.2, 0) is 0 Å². The van der Waals surface area contributed by atoms with Crippen molar-refractivity contribution in [2.24, 2.45) is 5.92 Å². The molecule has 1 atom stereocenters. The third kappa shape index (κ3) is 3.33. The standard InChI is InChI=1S/C15H21BrFN/c1-18-15(11-6-4-2-3-5-7-11)12-8-9-13(16)14(17)10-12/h8-11,15,18H,2-7H2,1H3. The molecule has 1 aliphatic carbocycles. The van der Waals surface area contributed by atoms with E-state index in [1.54, 1.807) is 6.07 Å². The highest BCUT2D eigenvalue weighted by atomic mass is 79.9. The molecule has 0 saturated heterocycles. The van der Waals surface area contributed by atoms with Crippen molar-refractivity contribution in [1.29, 1.82) is 0 Å². The van der Waals surface area contributed by atoms with Crippen molar-refractivity contribution in [2.75, 3.05) is 7.05 Å². The first-order valence-electron chi connectivity index (χ1n) is 6.84. The van der Waals surface area contributed by atoms with E-state index in [1.807, 2.05) is 19.2 Å². The summed E-state index contributed by atoms with van der Waals surface area (Å²) < 4.78 is 14.2. The van der Waals surface area contributed by atoms with Crippen LogP contribution in [0.2, 0.25) is 0 Å². The molecule has 18 heavy (non-hydrogen) atoms. The molecule has 0 amide bonds. The zero-order valence-corrected chi connectivity index (χ0v) is 12.5. The van der Waals surface area contributed by atoms with Gasteiger partial charge in [0.05, 0.1) is 4.47 Å². The summed E-state index contributed by atoms with van der Waals surface area (Å²) in [6.45, 7) is 0. The average molecular weight is 314 g/mol. The molecule has 1 aliphatic rings. The van der Waals surface area contributed by atoms with Crippen molar-refractivity contribution in [2.45, 2.75) is 44.6 Å². The second-order valence-electron chi connectivity index (χ2n) is 5.19. The Hall–Kier alpha value is -0.410. The van der Waals surface area contributed by atoms with Crippen molar-refractivity contribution in [3.8, 4) is 0 Å². The molecule has 1 aromatic carbocycles. The van der Waals surface area contributed by atoms with E-state index in [4.69, 9.17) is 0 Å². The molecule has 1 N–H and O–H groups in total. The maximum Gasteiger partial charge on any atom is 0.137 e. The van der Waals surface area contributed by atoms with E-state index in [1.165, 1.54) is 38.5 Å². The van der Waals surface area contributed by atoms with E-state index in [-0.39, 0.29) is 11.9 Å². The molecule has 2 rings (SSSR count). The van der Waals surface area contributed by atoms with E-state index >= 15 is 0 Å². The van der Waals surface area contributed by atoms with E-state index in [0.29, 0.717) is 10.4 Å². The lowest BCUT2D eigenvalue weighted by molar-refractivity contribution is 0.341. The molecule has 1 nitrogen and oxygen atoms in total. The number of halogens is 2. The second kappa shape index (κ2) is 6.67. The molecular weight excluding hydrogens is 293 g/mol. The Labute approximate surface area is 117 Å². The molecule has 1 saturated carbocycles. The Morgan fingerprint density at radius 2 is 1.89 bits per heavy atom. The minimum atomic E-state index is -0.165. The van der Waals surface area contributed by atoms with Gasteiger partial charge in [-0.2, -0.15) is 0 Å². The van der Waals surface area contributed by atoms with Gasteiger partial charge >= 0.3 is 0 Å². The van der Waals surface area contributed by atoms with Gasteiger partial charge < -0.3 is 5.32 Å². The minimum Gasteiger partial charge on any atom is -0.313 e. The lowest BCUT2D eigenvalue weighted by Gasteiger charge is -2.26. The van der Waals surface area contributed by atoms with Crippen LogP contribution in [0.25, 0.3) is 0 Å². The van der Waals surface area contributed by atoms with Crippen molar-refractivity contribution < 1.29 is 4.39 Å². The predicted octanol–water partition coefficient (Wildman–Crippen LogP) is 4.82. The first kappa shape index (κ1) is 14.0. The summed E-state index contributed by atoms with van der Waals surface area (Å²) in [7, 11) is 1.98. The normalized spacial score (nSPS) is 19.5. The lowest BCUT2D eigenvalue weighted by atomic mass is 9.87. The Bertz CT molecular complexity index is 386. The van der Waals surface area contributed by atoms with Crippen LogP contribution in [0.5, 0.6) is 0 Å². The van der Waals surface area contributed by atoms with Gasteiger partial charge in [0, 0.05) is 6.04 Å². The van der Waals surface area contributed by atoms with Crippen LogP contribution in [-0.4, -0.2) is 7.05 Å². The van der Waals surface area contributed by atoms with Gasteiger partial charge in [-0.05, 0) is 59.4 Å². The van der Waals surface area contributed by atoms with Gasteiger partial charge in [0.25, 0.3) is 0 Å². The fourth-order valence-corrected chi connectivity index (χ4v) is 3.27. The quantitative estimate of drug-likeness (QED) is 0.789. The third-order valence-corrected chi connectivity index (χ3v) is 4.63. The highest BCUT2D eigenvalue weighted by molar-refractivity contribution is 9.10. The summed E-state index contributed by atoms with van der Waals surface area (Å²) >= 11 is 3.21. The van der Waals surface area contributed by atoms with Crippen LogP contribution in [0.1, 0.15) is 50.1 Å². The van der Waals surface area contributed by atoms with Gasteiger partial charge in [-0.15, -0.1) is 0 Å². The highest BCUT2D eigenvalue weighted by Crippen LogP contribution is 2.34. The monoisotopic (exact) mass is 313 g/mol. The molecule has 0 bridgehead atoms. The van der Waals surface area contributed by atoms with Crippen LogP contribution in [0.15, 0.2) is 22.7 Å². The molecule has 3 heteroatoms. The van der Waals surface area contributed by atoms with E-state index in [9.17, 15) is 4.39 Å². The number of hydrogen-bond acceptors (Lipinski definition) is 1. The fourth-order valence-electron chi connectivity index (χ4n) is 3.02. The molecule has 0 heterocycles. The van der Waals surface area contributed by atoms with Crippen molar-refractivity contribution in [1.82, 2.24) is 5.32 Å². The van der Waals surface area contributed by atoms with Gasteiger partial charge in [0.2, 0.25) is 0 Å². The zero-order valence-electron chi connectivity index (χ0n) is 10.9. The van der Waals surface area contributed by atoms with Crippen LogP contribution in [0.3, 0.4) is 0 Å². The van der Waals surface area contributed by atoms with Crippen molar-refractivity contribution in [3.63, 3.8) is 0 Å². The van der Waals surface area contributed by atoms with Crippen LogP contribution in [0.4, 0.5) is 4.39 Å². The third-order valence-electron chi connectivity index (χ3n) is 3.99. The topological polar surface area (TPSA) is 12.0 Å². The largest absolute Gasteiger partial charge is 0.313 e. The summed E-state index contributed by atoms with van der Waals surface area (Å²) in [5.74, 6) is 0.472. The fraction of sp³-hybridized carbons (Fsp3) is 0.600. The second-order valence-corrected chi connectivity index (χ2v) is 6.05. The van der Waals surface area contributed by atoms with Crippen LogP contribution < -0.4 is 5.32 Å². The Kier molecular flexibility index (Phi) is 5.19.